The normalized spacial score (nSPS) is 14.1. The average Bonchev–Trinajstić information content (AvgIpc) is 3.10. The van der Waals surface area contributed by atoms with Gasteiger partial charge < -0.3 is 10.2 Å². The van der Waals surface area contributed by atoms with Crippen molar-refractivity contribution in [1.29, 1.82) is 0 Å². The summed E-state index contributed by atoms with van der Waals surface area (Å²) >= 11 is 7.09. The van der Waals surface area contributed by atoms with Gasteiger partial charge in [-0.1, -0.05) is 35.9 Å². The van der Waals surface area contributed by atoms with Crippen LogP contribution in [0.1, 0.15) is 21.6 Å². The van der Waals surface area contributed by atoms with E-state index in [-0.39, 0.29) is 5.69 Å². The van der Waals surface area contributed by atoms with Crippen LogP contribution in [0.5, 0.6) is 0 Å². The van der Waals surface area contributed by atoms with E-state index < -0.39 is 11.7 Å². The molecule has 0 radical (unpaired) electrons. The lowest BCUT2D eigenvalue weighted by atomic mass is 9.98. The Kier molecular flexibility index (Phi) is 5.21. The molecule has 146 valence electrons. The van der Waals surface area contributed by atoms with Crippen molar-refractivity contribution < 1.29 is 13.2 Å². The Balaban J connectivity index is 1.59. The number of fused-ring (bicyclic) bond motifs is 1. The molecule has 1 N–H and O–H groups in total. The van der Waals surface area contributed by atoms with Crippen LogP contribution in [0.15, 0.2) is 48.7 Å². The van der Waals surface area contributed by atoms with E-state index in [0.29, 0.717) is 29.8 Å². The van der Waals surface area contributed by atoms with Gasteiger partial charge in [-0.05, 0) is 35.7 Å². The predicted octanol–water partition coefficient (Wildman–Crippen LogP) is 5.99. The average molecular weight is 424 g/mol. The molecule has 0 fully saturated rings. The predicted molar refractivity (Wildman–Crippen MR) is 107 cm³/mol. The summed E-state index contributed by atoms with van der Waals surface area (Å²) in [5.74, 6) is 0. The molecule has 0 bridgehead atoms. The van der Waals surface area contributed by atoms with Crippen LogP contribution in [-0.2, 0) is 25.7 Å². The summed E-state index contributed by atoms with van der Waals surface area (Å²) < 4.78 is 41.7. The number of nitrogens with zero attached hydrogens (tertiary/aromatic N) is 2. The van der Waals surface area contributed by atoms with Gasteiger partial charge in [0.2, 0.25) is 0 Å². The van der Waals surface area contributed by atoms with E-state index in [1.807, 2.05) is 24.3 Å². The van der Waals surface area contributed by atoms with Crippen molar-refractivity contribution in [3.8, 4) is 0 Å². The number of hydrogen-bond acceptors (Lipinski definition) is 4. The van der Waals surface area contributed by atoms with Crippen molar-refractivity contribution >= 4 is 34.3 Å². The highest BCUT2D eigenvalue weighted by atomic mass is 35.5. The van der Waals surface area contributed by atoms with E-state index in [2.05, 4.69) is 10.3 Å². The number of rotatable bonds is 4. The fourth-order valence-electron chi connectivity index (χ4n) is 3.40. The van der Waals surface area contributed by atoms with Crippen molar-refractivity contribution in [3.05, 3.63) is 74.7 Å². The van der Waals surface area contributed by atoms with Gasteiger partial charge in [-0.15, -0.1) is 11.3 Å². The molecule has 8 heteroatoms. The molecule has 1 aliphatic heterocycles. The SMILES string of the molecule is FC(F)(F)c1cc(NCc2cnc(Cl)s2)ccc1N1CCc2ccccc2C1. The fraction of sp³-hybridized carbons (Fsp3) is 0.250. The molecule has 2 heterocycles. The molecule has 28 heavy (non-hydrogen) atoms. The lowest BCUT2D eigenvalue weighted by Crippen LogP contribution is -2.32. The lowest BCUT2D eigenvalue weighted by molar-refractivity contribution is -0.137. The van der Waals surface area contributed by atoms with Crippen molar-refractivity contribution in [1.82, 2.24) is 4.98 Å². The molecule has 0 aliphatic carbocycles. The zero-order chi connectivity index (χ0) is 19.7. The maximum atomic E-state index is 13.8. The summed E-state index contributed by atoms with van der Waals surface area (Å²) in [6.07, 6.45) is -2.08. The zero-order valence-corrected chi connectivity index (χ0v) is 16.3. The summed E-state index contributed by atoms with van der Waals surface area (Å²) in [7, 11) is 0. The maximum absolute atomic E-state index is 13.8. The maximum Gasteiger partial charge on any atom is 0.418 e. The van der Waals surface area contributed by atoms with Gasteiger partial charge in [0, 0.05) is 35.5 Å². The molecular weight excluding hydrogens is 407 g/mol. The number of benzene rings is 2. The molecule has 0 amide bonds. The van der Waals surface area contributed by atoms with Gasteiger partial charge >= 0.3 is 6.18 Å². The summed E-state index contributed by atoms with van der Waals surface area (Å²) in [5.41, 5.74) is 2.28. The molecule has 0 saturated heterocycles. The number of alkyl halides is 3. The van der Waals surface area contributed by atoms with Crippen molar-refractivity contribution in [2.75, 3.05) is 16.8 Å². The summed E-state index contributed by atoms with van der Waals surface area (Å²) in [6.45, 7) is 1.41. The zero-order valence-electron chi connectivity index (χ0n) is 14.8. The first-order valence-electron chi connectivity index (χ1n) is 8.77. The Bertz CT molecular complexity index is 987. The first kappa shape index (κ1) is 19.1. The Hall–Kier alpha value is -2.25. The molecule has 1 aliphatic rings. The quantitative estimate of drug-likeness (QED) is 0.558. The summed E-state index contributed by atoms with van der Waals surface area (Å²) in [6, 6.07) is 12.3. The molecule has 0 unspecified atom stereocenters. The monoisotopic (exact) mass is 423 g/mol. The van der Waals surface area contributed by atoms with Gasteiger partial charge in [-0.3, -0.25) is 0 Å². The minimum absolute atomic E-state index is 0.216. The molecule has 0 atom stereocenters. The highest BCUT2D eigenvalue weighted by Gasteiger charge is 2.35. The smallest absolute Gasteiger partial charge is 0.380 e. The van der Waals surface area contributed by atoms with Crippen molar-refractivity contribution in [2.45, 2.75) is 25.7 Å². The third-order valence-corrected chi connectivity index (χ3v) is 5.88. The number of anilines is 2. The van der Waals surface area contributed by atoms with Crippen LogP contribution in [0.4, 0.5) is 24.5 Å². The van der Waals surface area contributed by atoms with E-state index in [4.69, 9.17) is 11.6 Å². The van der Waals surface area contributed by atoms with Crippen molar-refractivity contribution in [3.63, 3.8) is 0 Å². The molecule has 3 aromatic rings. The van der Waals surface area contributed by atoms with Crippen LogP contribution in [0.2, 0.25) is 4.47 Å². The second kappa shape index (κ2) is 7.64. The Labute approximate surface area is 169 Å². The van der Waals surface area contributed by atoms with Crippen LogP contribution in [0.3, 0.4) is 0 Å². The van der Waals surface area contributed by atoms with Crippen molar-refractivity contribution in [2.24, 2.45) is 0 Å². The van der Waals surface area contributed by atoms with E-state index >= 15 is 0 Å². The Morgan fingerprint density at radius 3 is 2.64 bits per heavy atom. The molecule has 1 aromatic heterocycles. The Morgan fingerprint density at radius 1 is 1.14 bits per heavy atom. The molecule has 3 nitrogen and oxygen atoms in total. The van der Waals surface area contributed by atoms with Crippen LogP contribution in [-0.4, -0.2) is 11.5 Å². The number of thiazole rings is 1. The molecule has 4 rings (SSSR count). The van der Waals surface area contributed by atoms with E-state index in [9.17, 15) is 13.2 Å². The highest BCUT2D eigenvalue weighted by Crippen LogP contribution is 2.40. The highest BCUT2D eigenvalue weighted by molar-refractivity contribution is 7.15. The third kappa shape index (κ3) is 4.10. The first-order valence-corrected chi connectivity index (χ1v) is 9.96. The Morgan fingerprint density at radius 2 is 1.93 bits per heavy atom. The van der Waals surface area contributed by atoms with Crippen LogP contribution in [0.25, 0.3) is 0 Å². The minimum atomic E-state index is -4.43. The molecule has 0 saturated carbocycles. The topological polar surface area (TPSA) is 28.2 Å². The second-order valence-electron chi connectivity index (χ2n) is 6.60. The van der Waals surface area contributed by atoms with Gasteiger partial charge in [0.05, 0.1) is 12.1 Å². The van der Waals surface area contributed by atoms with E-state index in [1.165, 1.54) is 23.0 Å². The van der Waals surface area contributed by atoms with Gasteiger partial charge in [0.15, 0.2) is 4.47 Å². The largest absolute Gasteiger partial charge is 0.418 e. The molecule has 0 spiro atoms. The van der Waals surface area contributed by atoms with E-state index in [0.717, 1.165) is 16.9 Å². The number of nitrogens with one attached hydrogen (secondary N) is 1. The molecular formula is C20H17ClF3N3S. The second-order valence-corrected chi connectivity index (χ2v) is 8.30. The van der Waals surface area contributed by atoms with Crippen LogP contribution < -0.4 is 10.2 Å². The lowest BCUT2D eigenvalue weighted by Gasteiger charge is -2.32. The standard InChI is InChI=1S/C20H17ClF3N3S/c21-19-26-11-16(28-19)10-25-15-5-6-18(17(9-15)20(22,23)24)27-8-7-13-3-1-2-4-14(13)12-27/h1-6,9,11,25H,7-8,10,12H2. The van der Waals surface area contributed by atoms with Gasteiger partial charge in [-0.2, -0.15) is 13.2 Å². The third-order valence-electron chi connectivity index (χ3n) is 4.77. The number of halogens is 4. The number of hydrogen-bond donors (Lipinski definition) is 1. The number of aromatic nitrogens is 1. The first-order chi connectivity index (χ1) is 13.4. The summed E-state index contributed by atoms with van der Waals surface area (Å²) in [4.78, 5) is 6.60. The van der Waals surface area contributed by atoms with Gasteiger partial charge in [-0.25, -0.2) is 4.98 Å². The van der Waals surface area contributed by atoms with Crippen LogP contribution >= 0.6 is 22.9 Å². The molecule has 2 aromatic carbocycles. The minimum Gasteiger partial charge on any atom is -0.380 e. The summed E-state index contributed by atoms with van der Waals surface area (Å²) in [5, 5.41) is 3.03. The van der Waals surface area contributed by atoms with E-state index in [1.54, 1.807) is 23.2 Å². The van der Waals surface area contributed by atoms with Crippen LogP contribution in [0, 0.1) is 0 Å². The van der Waals surface area contributed by atoms with Gasteiger partial charge in [0.1, 0.15) is 0 Å². The fourth-order valence-corrected chi connectivity index (χ4v) is 4.32. The van der Waals surface area contributed by atoms with Gasteiger partial charge in [0.25, 0.3) is 0 Å².